The summed E-state index contributed by atoms with van der Waals surface area (Å²) in [7, 11) is 0. The smallest absolute Gasteiger partial charge is 0.227 e. The van der Waals surface area contributed by atoms with Crippen LogP contribution >= 0.6 is 11.6 Å². The predicted molar refractivity (Wildman–Crippen MR) is 82.0 cm³/mol. The number of ether oxygens (including phenoxy) is 1. The van der Waals surface area contributed by atoms with Crippen LogP contribution in [0.3, 0.4) is 0 Å². The minimum absolute atomic E-state index is 0.00436. The van der Waals surface area contributed by atoms with Crippen LogP contribution in [0.1, 0.15) is 26.7 Å². The molecule has 1 aromatic rings. The Morgan fingerprint density at radius 3 is 2.40 bits per heavy atom. The van der Waals surface area contributed by atoms with Crippen molar-refractivity contribution in [3.63, 3.8) is 0 Å². The highest BCUT2D eigenvalue weighted by atomic mass is 35.5. The largest absolute Gasteiger partial charge is 0.492 e. The molecule has 4 nitrogen and oxygen atoms in total. The molecule has 0 aliphatic carbocycles. The zero-order chi connectivity index (χ0) is 15.0. The lowest BCUT2D eigenvalue weighted by atomic mass is 9.81. The quantitative estimate of drug-likeness (QED) is 0.725. The molecule has 0 saturated carbocycles. The van der Waals surface area contributed by atoms with E-state index in [1.54, 1.807) is 24.3 Å². The van der Waals surface area contributed by atoms with Crippen LogP contribution < -0.4 is 15.8 Å². The Balaban J connectivity index is 2.36. The van der Waals surface area contributed by atoms with Crippen molar-refractivity contribution in [2.75, 3.05) is 19.7 Å². The third-order valence-electron chi connectivity index (χ3n) is 3.70. The normalized spacial score (nSPS) is 11.2. The van der Waals surface area contributed by atoms with Gasteiger partial charge in [0.25, 0.3) is 0 Å². The van der Waals surface area contributed by atoms with Gasteiger partial charge in [-0.05, 0) is 37.1 Å². The number of hydrogen-bond donors (Lipinski definition) is 2. The van der Waals surface area contributed by atoms with Crippen LogP contribution in [0.25, 0.3) is 0 Å². The van der Waals surface area contributed by atoms with E-state index in [-0.39, 0.29) is 5.91 Å². The maximum Gasteiger partial charge on any atom is 0.227 e. The highest BCUT2D eigenvalue weighted by Crippen LogP contribution is 2.24. The van der Waals surface area contributed by atoms with Crippen LogP contribution in [0.15, 0.2) is 24.3 Å². The van der Waals surface area contributed by atoms with E-state index in [4.69, 9.17) is 22.1 Å². The number of benzene rings is 1. The predicted octanol–water partition coefficient (Wildman–Crippen LogP) is 2.60. The standard InChI is InChI=1S/C15H23ClN2O2/c1-3-15(4-2,11-17)14(19)18-9-10-20-13-7-5-12(16)6-8-13/h5-8H,3-4,9-11,17H2,1-2H3,(H,18,19). The minimum atomic E-state index is -0.458. The molecule has 112 valence electrons. The van der Waals surface area contributed by atoms with E-state index in [1.807, 2.05) is 13.8 Å². The van der Waals surface area contributed by atoms with Gasteiger partial charge in [-0.2, -0.15) is 0 Å². The third-order valence-corrected chi connectivity index (χ3v) is 3.95. The van der Waals surface area contributed by atoms with Crippen molar-refractivity contribution in [2.24, 2.45) is 11.1 Å². The Kier molecular flexibility index (Phi) is 6.82. The zero-order valence-corrected chi connectivity index (χ0v) is 12.9. The second-order valence-corrected chi connectivity index (χ2v) is 5.19. The summed E-state index contributed by atoms with van der Waals surface area (Å²) >= 11 is 5.79. The average Bonchev–Trinajstić information content (AvgIpc) is 2.48. The molecule has 0 spiro atoms. The number of nitrogens with one attached hydrogen (secondary N) is 1. The number of amides is 1. The molecule has 3 N–H and O–H groups in total. The van der Waals surface area contributed by atoms with Gasteiger partial charge in [0.1, 0.15) is 12.4 Å². The molecule has 5 heteroatoms. The first-order valence-corrected chi connectivity index (χ1v) is 7.32. The van der Waals surface area contributed by atoms with Gasteiger partial charge in [0.15, 0.2) is 0 Å². The van der Waals surface area contributed by atoms with Crippen LogP contribution in [0, 0.1) is 5.41 Å². The molecule has 0 fully saturated rings. The van der Waals surface area contributed by atoms with Gasteiger partial charge in [-0.1, -0.05) is 25.4 Å². The molecule has 0 heterocycles. The first-order chi connectivity index (χ1) is 9.57. The number of halogens is 1. The Morgan fingerprint density at radius 2 is 1.90 bits per heavy atom. The fourth-order valence-corrected chi connectivity index (χ4v) is 2.13. The summed E-state index contributed by atoms with van der Waals surface area (Å²) in [6, 6.07) is 7.13. The maximum atomic E-state index is 12.2. The zero-order valence-electron chi connectivity index (χ0n) is 12.1. The lowest BCUT2D eigenvalue weighted by Crippen LogP contribution is -2.46. The van der Waals surface area contributed by atoms with Gasteiger partial charge >= 0.3 is 0 Å². The Labute approximate surface area is 125 Å². The fraction of sp³-hybridized carbons (Fsp3) is 0.533. The van der Waals surface area contributed by atoms with Crippen molar-refractivity contribution < 1.29 is 9.53 Å². The molecule has 0 radical (unpaired) electrons. The second kappa shape index (κ2) is 8.12. The highest BCUT2D eigenvalue weighted by Gasteiger charge is 2.32. The van der Waals surface area contributed by atoms with Gasteiger partial charge in [-0.3, -0.25) is 4.79 Å². The number of nitrogens with two attached hydrogens (primary N) is 1. The molecule has 0 bridgehead atoms. The lowest BCUT2D eigenvalue weighted by molar-refractivity contribution is -0.131. The third kappa shape index (κ3) is 4.39. The van der Waals surface area contributed by atoms with E-state index >= 15 is 0 Å². The summed E-state index contributed by atoms with van der Waals surface area (Å²) in [4.78, 5) is 12.2. The van der Waals surface area contributed by atoms with E-state index < -0.39 is 5.41 Å². The molecular formula is C15H23ClN2O2. The fourth-order valence-electron chi connectivity index (χ4n) is 2.00. The summed E-state index contributed by atoms with van der Waals surface area (Å²) in [6.07, 6.45) is 1.48. The van der Waals surface area contributed by atoms with Gasteiger partial charge in [-0.15, -0.1) is 0 Å². The molecule has 0 atom stereocenters. The minimum Gasteiger partial charge on any atom is -0.492 e. The van der Waals surface area contributed by atoms with Crippen molar-refractivity contribution in [3.05, 3.63) is 29.3 Å². The lowest BCUT2D eigenvalue weighted by Gasteiger charge is -2.28. The number of hydrogen-bond acceptors (Lipinski definition) is 3. The van der Waals surface area contributed by atoms with Crippen LogP contribution in [-0.4, -0.2) is 25.6 Å². The number of rotatable bonds is 8. The summed E-state index contributed by atoms with van der Waals surface area (Å²) in [5, 5.41) is 3.56. The maximum absolute atomic E-state index is 12.2. The van der Waals surface area contributed by atoms with Gasteiger partial charge in [0, 0.05) is 11.6 Å². The summed E-state index contributed by atoms with van der Waals surface area (Å²) in [5.74, 6) is 0.740. The SMILES string of the molecule is CCC(CC)(CN)C(=O)NCCOc1ccc(Cl)cc1. The first-order valence-electron chi connectivity index (χ1n) is 6.94. The topological polar surface area (TPSA) is 64.4 Å². The highest BCUT2D eigenvalue weighted by molar-refractivity contribution is 6.30. The van der Waals surface area contributed by atoms with Crippen molar-refractivity contribution in [1.29, 1.82) is 0 Å². The molecular weight excluding hydrogens is 276 g/mol. The van der Waals surface area contributed by atoms with Crippen molar-refractivity contribution >= 4 is 17.5 Å². The monoisotopic (exact) mass is 298 g/mol. The average molecular weight is 299 g/mol. The molecule has 20 heavy (non-hydrogen) atoms. The van der Waals surface area contributed by atoms with Crippen molar-refractivity contribution in [2.45, 2.75) is 26.7 Å². The molecule has 0 unspecified atom stereocenters. The van der Waals surface area contributed by atoms with Gasteiger partial charge in [0.05, 0.1) is 12.0 Å². The van der Waals surface area contributed by atoms with E-state index in [0.29, 0.717) is 24.7 Å². The van der Waals surface area contributed by atoms with Crippen molar-refractivity contribution in [1.82, 2.24) is 5.32 Å². The number of carbonyl (C=O) groups excluding carboxylic acids is 1. The molecule has 0 aliphatic heterocycles. The van der Waals surface area contributed by atoms with Crippen molar-refractivity contribution in [3.8, 4) is 5.75 Å². The van der Waals surface area contributed by atoms with Crippen LogP contribution in [0.4, 0.5) is 0 Å². The van der Waals surface area contributed by atoms with Gasteiger partial charge in [-0.25, -0.2) is 0 Å². The molecule has 1 amide bonds. The second-order valence-electron chi connectivity index (χ2n) is 4.75. The Hall–Kier alpha value is -1.26. The number of carbonyl (C=O) groups is 1. The van der Waals surface area contributed by atoms with E-state index in [0.717, 1.165) is 18.6 Å². The van der Waals surface area contributed by atoms with E-state index in [1.165, 1.54) is 0 Å². The summed E-state index contributed by atoms with van der Waals surface area (Å²) < 4.78 is 5.52. The molecule has 0 saturated heterocycles. The Morgan fingerprint density at radius 1 is 1.30 bits per heavy atom. The summed E-state index contributed by atoms with van der Waals surface area (Å²) in [5.41, 5.74) is 5.28. The van der Waals surface area contributed by atoms with Crippen LogP contribution in [0.2, 0.25) is 5.02 Å². The van der Waals surface area contributed by atoms with Gasteiger partial charge < -0.3 is 15.8 Å². The van der Waals surface area contributed by atoms with Gasteiger partial charge in [0.2, 0.25) is 5.91 Å². The molecule has 0 aromatic heterocycles. The molecule has 1 rings (SSSR count). The molecule has 0 aliphatic rings. The van der Waals surface area contributed by atoms with E-state index in [2.05, 4.69) is 5.32 Å². The first kappa shape index (κ1) is 16.8. The Bertz CT molecular complexity index is 408. The van der Waals surface area contributed by atoms with Crippen LogP contribution in [-0.2, 0) is 4.79 Å². The van der Waals surface area contributed by atoms with Crippen LogP contribution in [0.5, 0.6) is 5.75 Å². The van der Waals surface area contributed by atoms with E-state index in [9.17, 15) is 4.79 Å². The summed E-state index contributed by atoms with van der Waals surface area (Å²) in [6.45, 7) is 5.22. The molecule has 1 aromatic carbocycles.